The van der Waals surface area contributed by atoms with Crippen molar-refractivity contribution in [3.05, 3.63) is 4.98 Å². The summed E-state index contributed by atoms with van der Waals surface area (Å²) in [5.74, 6) is -0.0451. The lowest BCUT2D eigenvalue weighted by Gasteiger charge is -1.95. The van der Waals surface area contributed by atoms with Gasteiger partial charge in [-0.3, -0.25) is 10.1 Å². The van der Waals surface area contributed by atoms with E-state index in [1.807, 2.05) is 0 Å². The first-order valence-corrected chi connectivity index (χ1v) is 3.88. The van der Waals surface area contributed by atoms with E-state index < -0.39 is 0 Å². The molecular weight excluding hydrogens is 142 g/mol. The number of diazo groups is 1. The predicted molar refractivity (Wildman–Crippen MR) is 42.2 cm³/mol. The molecule has 0 aromatic heterocycles. The Morgan fingerprint density at radius 3 is 2.82 bits per heavy atom. The zero-order valence-electron chi connectivity index (χ0n) is 6.84. The maximum atomic E-state index is 10.8. The van der Waals surface area contributed by atoms with E-state index in [1.165, 1.54) is 0 Å². The molecule has 1 amide bonds. The lowest BCUT2D eigenvalue weighted by Crippen LogP contribution is -2.21. The summed E-state index contributed by atoms with van der Waals surface area (Å²) in [7, 11) is 0. The minimum atomic E-state index is -0.0451. The molecule has 0 unspecified atom stereocenters. The van der Waals surface area contributed by atoms with Crippen LogP contribution >= 0.6 is 0 Å². The number of nitrogens with one attached hydrogen (secondary N) is 1. The molecule has 0 aromatic carbocycles. The van der Waals surface area contributed by atoms with Gasteiger partial charge in [-0.1, -0.05) is 19.8 Å². The summed E-state index contributed by atoms with van der Waals surface area (Å²) in [6.45, 7) is 2.09. The van der Waals surface area contributed by atoms with Crippen LogP contribution in [0.1, 0.15) is 32.6 Å². The molecule has 1 N–H and O–H groups in total. The van der Waals surface area contributed by atoms with E-state index >= 15 is 0 Å². The van der Waals surface area contributed by atoms with Gasteiger partial charge in [0.15, 0.2) is 0 Å². The monoisotopic (exact) mass is 156 g/mol. The number of carbonyl (C=O) groups is 1. The van der Waals surface area contributed by atoms with Gasteiger partial charge in [-0.2, -0.15) is 0 Å². The van der Waals surface area contributed by atoms with Gasteiger partial charge in [0.25, 0.3) is 0 Å². The van der Waals surface area contributed by atoms with E-state index in [0.29, 0.717) is 6.42 Å². The van der Waals surface area contributed by atoms with E-state index in [9.17, 15) is 4.79 Å². The van der Waals surface area contributed by atoms with E-state index in [1.54, 1.807) is 0 Å². The van der Waals surface area contributed by atoms with Gasteiger partial charge in [0, 0.05) is 6.42 Å². The average molecular weight is 156 g/mol. The molecule has 4 heteroatoms. The molecule has 0 aliphatic carbocycles. The number of carbonyl (C=O) groups excluding carboxylic acids is 1. The molecule has 0 radical (unpaired) electrons. The Hall–Kier alpha value is -1.11. The lowest BCUT2D eigenvalue weighted by molar-refractivity contribution is -0.121. The normalized spacial score (nSPS) is 8.73. The first kappa shape index (κ1) is 9.89. The summed E-state index contributed by atoms with van der Waals surface area (Å²) < 4.78 is 0. The molecule has 11 heavy (non-hydrogen) atoms. The highest BCUT2D eigenvalue weighted by molar-refractivity contribution is 5.75. The van der Waals surface area contributed by atoms with Crippen LogP contribution in [0.4, 0.5) is 0 Å². The van der Waals surface area contributed by atoms with Gasteiger partial charge >= 0.3 is 6.67 Å². The van der Waals surface area contributed by atoms with Gasteiger partial charge < -0.3 is 0 Å². The van der Waals surface area contributed by atoms with Crippen molar-refractivity contribution in [3.63, 3.8) is 0 Å². The van der Waals surface area contributed by atoms with Gasteiger partial charge in [-0.05, 0) is 6.42 Å². The van der Waals surface area contributed by atoms with Gasteiger partial charge in [-0.15, -0.1) is 0 Å². The van der Waals surface area contributed by atoms with Crippen molar-refractivity contribution in [2.24, 2.45) is 0 Å². The second-order valence-corrected chi connectivity index (χ2v) is 2.36. The molecular formula is C7H14N3O+. The molecule has 62 valence electrons. The van der Waals surface area contributed by atoms with Crippen LogP contribution in [0.5, 0.6) is 0 Å². The Morgan fingerprint density at radius 1 is 1.55 bits per heavy atom. The van der Waals surface area contributed by atoms with Crippen LogP contribution in [0.25, 0.3) is 4.98 Å². The van der Waals surface area contributed by atoms with Crippen LogP contribution in [0.2, 0.25) is 0 Å². The fourth-order valence-corrected chi connectivity index (χ4v) is 0.747. The smallest absolute Gasteiger partial charge is 0.283 e. The molecule has 0 saturated heterocycles. The van der Waals surface area contributed by atoms with Crippen LogP contribution in [0.15, 0.2) is 0 Å². The molecule has 0 bridgehead atoms. The average Bonchev–Trinajstić information content (AvgIpc) is 2.01. The SMILES string of the molecule is CCCCCC(=O)NC[N+]#N. The Bertz CT molecular complexity index is 150. The highest BCUT2D eigenvalue weighted by Gasteiger charge is 2.01. The zero-order chi connectivity index (χ0) is 8.53. The lowest BCUT2D eigenvalue weighted by atomic mass is 10.2. The zero-order valence-corrected chi connectivity index (χ0v) is 6.84. The van der Waals surface area contributed by atoms with Crippen molar-refractivity contribution in [3.8, 4) is 0 Å². The van der Waals surface area contributed by atoms with E-state index in [-0.39, 0.29) is 12.6 Å². The van der Waals surface area contributed by atoms with Crippen LogP contribution < -0.4 is 5.32 Å². The van der Waals surface area contributed by atoms with Crippen molar-refractivity contribution < 1.29 is 4.79 Å². The Morgan fingerprint density at radius 2 is 2.27 bits per heavy atom. The first-order chi connectivity index (χ1) is 5.31. The topological polar surface area (TPSA) is 57.2 Å². The third kappa shape index (κ3) is 6.78. The molecule has 4 nitrogen and oxygen atoms in total. The summed E-state index contributed by atoms with van der Waals surface area (Å²) in [5.41, 5.74) is 0. The quantitative estimate of drug-likeness (QED) is 0.484. The van der Waals surface area contributed by atoms with Crippen molar-refractivity contribution in [1.82, 2.24) is 5.32 Å². The molecule has 0 heterocycles. The number of rotatable bonds is 5. The third-order valence-electron chi connectivity index (χ3n) is 1.35. The van der Waals surface area contributed by atoms with Gasteiger partial charge in [-0.25, -0.2) is 0 Å². The van der Waals surface area contributed by atoms with Crippen LogP contribution in [-0.2, 0) is 4.79 Å². The van der Waals surface area contributed by atoms with Gasteiger partial charge in [0.2, 0.25) is 11.3 Å². The maximum absolute atomic E-state index is 10.8. The van der Waals surface area contributed by atoms with Gasteiger partial charge in [0.1, 0.15) is 4.98 Å². The second kappa shape index (κ2) is 7.00. The summed E-state index contributed by atoms with van der Waals surface area (Å²) in [6, 6.07) is 0. The Balaban J connectivity index is 3.17. The molecule has 0 aromatic rings. The second-order valence-electron chi connectivity index (χ2n) is 2.36. The Kier molecular flexibility index (Phi) is 6.30. The summed E-state index contributed by atoms with van der Waals surface area (Å²) in [5, 5.41) is 10.4. The minimum absolute atomic E-state index is 0.00492. The van der Waals surface area contributed by atoms with Crippen molar-refractivity contribution in [2.75, 3.05) is 6.67 Å². The van der Waals surface area contributed by atoms with Crippen LogP contribution in [0.3, 0.4) is 0 Å². The van der Waals surface area contributed by atoms with Crippen molar-refractivity contribution >= 4 is 5.91 Å². The van der Waals surface area contributed by atoms with Crippen LogP contribution in [0, 0.1) is 5.39 Å². The van der Waals surface area contributed by atoms with E-state index in [0.717, 1.165) is 19.3 Å². The molecule has 0 atom stereocenters. The molecule has 0 aliphatic heterocycles. The van der Waals surface area contributed by atoms with Crippen LogP contribution in [-0.4, -0.2) is 12.6 Å². The fourth-order valence-electron chi connectivity index (χ4n) is 0.747. The molecule has 0 spiro atoms. The molecule has 0 aliphatic rings. The third-order valence-corrected chi connectivity index (χ3v) is 1.35. The standard InChI is InChI=1S/C7H13N3O/c1-2-3-4-5-7(11)9-6-10-8/h2-6H2,1H3/p+1. The number of amides is 1. The van der Waals surface area contributed by atoms with Gasteiger partial charge in [0.05, 0.1) is 0 Å². The number of hydrogen-bond donors (Lipinski definition) is 1. The number of hydrogen-bond acceptors (Lipinski definition) is 2. The Labute approximate surface area is 66.6 Å². The van der Waals surface area contributed by atoms with Crippen molar-refractivity contribution in [1.29, 1.82) is 5.39 Å². The summed E-state index contributed by atoms with van der Waals surface area (Å²) >= 11 is 0. The summed E-state index contributed by atoms with van der Waals surface area (Å²) in [6.07, 6.45) is 3.62. The molecule has 0 rings (SSSR count). The number of nitrogens with zero attached hydrogens (tertiary/aromatic N) is 2. The molecule has 0 fully saturated rings. The minimum Gasteiger partial charge on any atom is -0.283 e. The molecule has 0 saturated carbocycles. The summed E-state index contributed by atoms with van der Waals surface area (Å²) in [4.78, 5) is 13.6. The highest BCUT2D eigenvalue weighted by Crippen LogP contribution is 1.97. The first-order valence-electron chi connectivity index (χ1n) is 3.88. The number of unbranched alkanes of at least 4 members (excludes halogenated alkanes) is 2. The highest BCUT2D eigenvalue weighted by atomic mass is 16.1. The van der Waals surface area contributed by atoms with E-state index in [2.05, 4.69) is 17.2 Å². The maximum Gasteiger partial charge on any atom is 0.381 e. The van der Waals surface area contributed by atoms with Crippen molar-refractivity contribution in [2.45, 2.75) is 32.6 Å². The predicted octanol–water partition coefficient (Wildman–Crippen LogP) is 1.49. The largest absolute Gasteiger partial charge is 0.381 e. The van der Waals surface area contributed by atoms with E-state index in [4.69, 9.17) is 5.39 Å². The fraction of sp³-hybridized carbons (Fsp3) is 0.857.